The topological polar surface area (TPSA) is 58.9 Å². The summed E-state index contributed by atoms with van der Waals surface area (Å²) >= 11 is 0. The Hall–Kier alpha value is -9.58. The number of nitriles is 1. The van der Waals surface area contributed by atoms with E-state index in [-0.39, 0.29) is 39.3 Å². The fraction of sp³-hybridized carbons (Fsp3) is 0.0323. The van der Waals surface area contributed by atoms with Gasteiger partial charge in [0.2, 0.25) is 0 Å². The fourth-order valence-corrected chi connectivity index (χ4v) is 9.52. The van der Waals surface area contributed by atoms with E-state index >= 15 is 26.3 Å². The van der Waals surface area contributed by atoms with E-state index in [1.165, 1.54) is 36.4 Å². The third-order valence-corrected chi connectivity index (χ3v) is 12.9. The summed E-state index contributed by atoms with van der Waals surface area (Å²) in [6.45, 7) is 7.50. The van der Waals surface area contributed by atoms with Crippen LogP contribution in [0, 0.1) is 17.9 Å². The molecular weight excluding hydrogens is 929 g/mol. The highest BCUT2D eigenvalue weighted by molar-refractivity contribution is 6.13. The first-order valence-corrected chi connectivity index (χ1v) is 22.9. The molecule has 0 fully saturated rings. The van der Waals surface area contributed by atoms with Crippen molar-refractivity contribution in [1.29, 1.82) is 5.26 Å². The molecule has 0 spiro atoms. The molecule has 0 aliphatic heterocycles. The van der Waals surface area contributed by atoms with E-state index in [0.29, 0.717) is 44.4 Å². The smallest absolute Gasteiger partial charge is 0.308 e. The second-order valence-electron chi connectivity index (χ2n) is 17.3. The lowest BCUT2D eigenvalue weighted by atomic mass is 9.88. The maximum absolute atomic E-state index is 15.6. The van der Waals surface area contributed by atoms with Gasteiger partial charge in [-0.1, -0.05) is 146 Å². The molecule has 11 heteroatoms. The Bertz CT molecular complexity index is 3750. The van der Waals surface area contributed by atoms with Gasteiger partial charge in [0.25, 0.3) is 0 Å². The van der Waals surface area contributed by atoms with Crippen LogP contribution in [0.25, 0.3) is 111 Å². The van der Waals surface area contributed by atoms with Gasteiger partial charge in [-0.3, -0.25) is 0 Å². The second-order valence-corrected chi connectivity index (χ2v) is 17.3. The number of halogens is 6. The maximum Gasteiger partial charge on any atom is 0.417 e. The Kier molecular flexibility index (Phi) is 11.5. The van der Waals surface area contributed by atoms with Crippen LogP contribution < -0.4 is 0 Å². The molecule has 11 aromatic rings. The fourth-order valence-electron chi connectivity index (χ4n) is 9.52. The average Bonchev–Trinajstić information content (AvgIpc) is 3.75. The summed E-state index contributed by atoms with van der Waals surface area (Å²) < 4.78 is 95.1. The predicted octanol–water partition coefficient (Wildman–Crippen LogP) is 17.7. The molecule has 0 saturated heterocycles. The lowest BCUT2D eigenvalue weighted by molar-refractivity contribution is -0.137. The van der Waals surface area contributed by atoms with Gasteiger partial charge in [0.1, 0.15) is 0 Å². The monoisotopic (exact) mass is 963 g/mol. The number of aromatic nitrogens is 3. The molecule has 0 aliphatic carbocycles. The molecule has 0 aliphatic rings. The SMILES string of the molecule is [C-]#[N+]c1ccc(-c2ccc3c(c2)c2cc(-c4ccc(C#N)cc4)ccc2n3-c2c(-c3ccccc3C(F)(F)F)cc(-c3nc(-c4ccccc4)cc(-c4ccccc4)n3)cc2-c2ccccc2C(F)(F)F)cc1. The summed E-state index contributed by atoms with van der Waals surface area (Å²) in [7, 11) is 0. The Morgan fingerprint density at radius 1 is 0.425 bits per heavy atom. The number of rotatable bonds is 8. The van der Waals surface area contributed by atoms with Crippen molar-refractivity contribution in [3.05, 3.63) is 240 Å². The highest BCUT2D eigenvalue weighted by Gasteiger charge is 2.37. The molecule has 2 aromatic heterocycles. The standard InChI is InChI=1S/C62H35F6N5/c1-70-46-28-24-40(25-29-46)44-27-31-58-50(33-44)49-32-43(39-22-20-38(37-69)21-23-39)26-30-57(49)73(58)59-51(47-16-8-10-18-53(47)61(63,64)65)34-45(35-52(59)48-17-9-11-19-54(48)62(66,67)68)60-71-55(41-12-4-2-5-13-41)36-56(72-60)42-14-6-3-7-15-42/h2-36H. The van der Waals surface area contributed by atoms with E-state index in [9.17, 15) is 5.26 Å². The molecular formula is C62H35F6N5. The van der Waals surface area contributed by atoms with Gasteiger partial charge < -0.3 is 4.57 Å². The number of hydrogen-bond donors (Lipinski definition) is 0. The Morgan fingerprint density at radius 2 is 0.849 bits per heavy atom. The predicted molar refractivity (Wildman–Crippen MR) is 275 cm³/mol. The second kappa shape index (κ2) is 18.3. The third kappa shape index (κ3) is 8.64. The summed E-state index contributed by atoms with van der Waals surface area (Å²) in [5.41, 5.74) is 5.02. The van der Waals surface area contributed by atoms with Crippen molar-refractivity contribution in [1.82, 2.24) is 14.5 Å². The molecule has 73 heavy (non-hydrogen) atoms. The number of hydrogen-bond acceptors (Lipinski definition) is 3. The van der Waals surface area contributed by atoms with Gasteiger partial charge in [-0.25, -0.2) is 14.8 Å². The molecule has 0 amide bonds. The van der Waals surface area contributed by atoms with Crippen LogP contribution >= 0.6 is 0 Å². The van der Waals surface area contributed by atoms with Gasteiger partial charge in [-0.15, -0.1) is 0 Å². The van der Waals surface area contributed by atoms with Crippen LogP contribution in [-0.2, 0) is 12.4 Å². The van der Waals surface area contributed by atoms with E-state index in [0.717, 1.165) is 45.5 Å². The number of fused-ring (bicyclic) bond motifs is 3. The van der Waals surface area contributed by atoms with E-state index in [4.69, 9.17) is 16.5 Å². The summed E-state index contributed by atoms with van der Waals surface area (Å²) in [5.74, 6) is 0.0754. The molecule has 0 N–H and O–H groups in total. The van der Waals surface area contributed by atoms with Crippen molar-refractivity contribution in [2.45, 2.75) is 12.4 Å². The van der Waals surface area contributed by atoms with Gasteiger partial charge in [0.15, 0.2) is 11.5 Å². The lowest BCUT2D eigenvalue weighted by Crippen LogP contribution is -2.11. The van der Waals surface area contributed by atoms with E-state index in [1.54, 1.807) is 47.0 Å². The Labute approximate surface area is 415 Å². The molecule has 0 radical (unpaired) electrons. The van der Waals surface area contributed by atoms with Gasteiger partial charge in [-0.05, 0) is 100 Å². The molecule has 0 unspecified atom stereocenters. The van der Waals surface area contributed by atoms with Crippen molar-refractivity contribution < 1.29 is 26.3 Å². The summed E-state index contributed by atoms with van der Waals surface area (Å²) in [6, 6.07) is 61.0. The van der Waals surface area contributed by atoms with Crippen LogP contribution in [0.2, 0.25) is 0 Å². The van der Waals surface area contributed by atoms with Crippen LogP contribution in [0.5, 0.6) is 0 Å². The molecule has 2 heterocycles. The normalized spacial score (nSPS) is 11.7. The van der Waals surface area contributed by atoms with Crippen molar-refractivity contribution in [3.63, 3.8) is 0 Å². The van der Waals surface area contributed by atoms with Crippen LogP contribution in [0.15, 0.2) is 212 Å². The molecule has 350 valence electrons. The van der Waals surface area contributed by atoms with Gasteiger partial charge in [0.05, 0.1) is 57.4 Å². The van der Waals surface area contributed by atoms with E-state index < -0.39 is 23.5 Å². The van der Waals surface area contributed by atoms with Crippen molar-refractivity contribution in [3.8, 4) is 90.2 Å². The Morgan fingerprint density at radius 3 is 1.29 bits per heavy atom. The zero-order valence-corrected chi connectivity index (χ0v) is 38.2. The first-order valence-electron chi connectivity index (χ1n) is 22.9. The maximum atomic E-state index is 15.6. The first-order chi connectivity index (χ1) is 35.4. The molecule has 0 atom stereocenters. The lowest BCUT2D eigenvalue weighted by Gasteiger charge is -2.24. The van der Waals surface area contributed by atoms with Crippen molar-refractivity contribution in [2.75, 3.05) is 0 Å². The largest absolute Gasteiger partial charge is 0.417 e. The molecule has 9 aromatic carbocycles. The number of alkyl halides is 6. The molecule has 11 rings (SSSR count). The average molecular weight is 964 g/mol. The van der Waals surface area contributed by atoms with Gasteiger partial charge >= 0.3 is 12.4 Å². The highest BCUT2D eigenvalue weighted by atomic mass is 19.4. The van der Waals surface area contributed by atoms with Crippen molar-refractivity contribution >= 4 is 27.5 Å². The zero-order chi connectivity index (χ0) is 50.4. The minimum Gasteiger partial charge on any atom is -0.308 e. The minimum absolute atomic E-state index is 0.0267. The first kappa shape index (κ1) is 45.8. The van der Waals surface area contributed by atoms with Gasteiger partial charge in [-0.2, -0.15) is 31.6 Å². The van der Waals surface area contributed by atoms with Crippen LogP contribution in [0.4, 0.5) is 32.0 Å². The van der Waals surface area contributed by atoms with Crippen molar-refractivity contribution in [2.24, 2.45) is 0 Å². The number of benzene rings is 9. The minimum atomic E-state index is -4.90. The Balaban J connectivity index is 1.30. The third-order valence-electron chi connectivity index (χ3n) is 12.9. The summed E-state index contributed by atoms with van der Waals surface area (Å²) in [6.07, 6.45) is -9.79. The van der Waals surface area contributed by atoms with Crippen LogP contribution in [0.3, 0.4) is 0 Å². The molecule has 0 saturated carbocycles. The van der Waals surface area contributed by atoms with E-state index in [2.05, 4.69) is 10.9 Å². The molecule has 0 bridgehead atoms. The molecule has 5 nitrogen and oxygen atoms in total. The van der Waals surface area contributed by atoms with Crippen LogP contribution in [0.1, 0.15) is 16.7 Å². The quantitative estimate of drug-likeness (QED) is 0.113. The van der Waals surface area contributed by atoms with Crippen LogP contribution in [-0.4, -0.2) is 14.5 Å². The summed E-state index contributed by atoms with van der Waals surface area (Å²) in [4.78, 5) is 13.5. The van der Waals surface area contributed by atoms with E-state index in [1.807, 2.05) is 121 Å². The van der Waals surface area contributed by atoms with Gasteiger partial charge in [0, 0.05) is 38.6 Å². The zero-order valence-electron chi connectivity index (χ0n) is 38.2. The summed E-state index contributed by atoms with van der Waals surface area (Å²) in [5, 5.41) is 10.9. The highest BCUT2D eigenvalue weighted by Crippen LogP contribution is 2.49. The number of nitrogens with zero attached hydrogens (tertiary/aromatic N) is 5.